The Balaban J connectivity index is 1.27. The number of esters is 1. The van der Waals surface area contributed by atoms with Gasteiger partial charge in [-0.15, -0.1) is 0 Å². The Morgan fingerprint density at radius 2 is 1.47 bits per heavy atom. The molecule has 0 N–H and O–H groups in total. The molecule has 0 radical (unpaired) electrons. The fourth-order valence-electron chi connectivity index (χ4n) is 3.78. The highest BCUT2D eigenvalue weighted by Gasteiger charge is 2.18. The van der Waals surface area contributed by atoms with Gasteiger partial charge >= 0.3 is 5.97 Å². The monoisotopic (exact) mass is 478 g/mol. The Bertz CT molecular complexity index is 1440. The minimum atomic E-state index is -0.552. The van der Waals surface area contributed by atoms with E-state index in [1.807, 2.05) is 54.6 Å². The minimum absolute atomic E-state index is 0.119. The zero-order valence-electron chi connectivity index (χ0n) is 19.5. The third-order valence-electron chi connectivity index (χ3n) is 5.70. The van der Waals surface area contributed by atoms with E-state index in [4.69, 9.17) is 18.9 Å². The number of allylic oxidation sites excluding steroid dienone is 1. The zero-order valence-corrected chi connectivity index (χ0v) is 19.5. The first-order valence-corrected chi connectivity index (χ1v) is 11.3. The predicted octanol–water partition coefficient (Wildman–Crippen LogP) is 6.21. The molecule has 1 aliphatic heterocycles. The van der Waals surface area contributed by atoms with Gasteiger partial charge in [0.1, 0.15) is 0 Å². The molecular weight excluding hydrogens is 456 g/mol. The summed E-state index contributed by atoms with van der Waals surface area (Å²) in [7, 11) is 1.49. The van der Waals surface area contributed by atoms with E-state index in [2.05, 4.69) is 0 Å². The molecule has 178 valence electrons. The topological polar surface area (TPSA) is 71.1 Å². The highest BCUT2D eigenvalue weighted by molar-refractivity contribution is 6.07. The van der Waals surface area contributed by atoms with Gasteiger partial charge in [-0.1, -0.05) is 66.7 Å². The molecule has 6 heteroatoms. The third kappa shape index (κ3) is 4.98. The Labute approximate surface area is 208 Å². The first-order chi connectivity index (χ1) is 17.6. The van der Waals surface area contributed by atoms with Gasteiger partial charge in [0.2, 0.25) is 6.79 Å². The predicted molar refractivity (Wildman–Crippen MR) is 136 cm³/mol. The van der Waals surface area contributed by atoms with Crippen molar-refractivity contribution in [3.05, 3.63) is 114 Å². The summed E-state index contributed by atoms with van der Waals surface area (Å²) in [6, 6.07) is 27.4. The van der Waals surface area contributed by atoms with Crippen molar-refractivity contribution in [3.63, 3.8) is 0 Å². The van der Waals surface area contributed by atoms with E-state index in [0.717, 1.165) is 16.7 Å². The van der Waals surface area contributed by atoms with Crippen LogP contribution in [-0.4, -0.2) is 25.7 Å². The van der Waals surface area contributed by atoms with E-state index in [-0.39, 0.29) is 18.3 Å². The lowest BCUT2D eigenvalue weighted by molar-refractivity contribution is 0.0729. The smallest absolute Gasteiger partial charge is 0.343 e. The fourth-order valence-corrected chi connectivity index (χ4v) is 3.78. The highest BCUT2D eigenvalue weighted by Crippen LogP contribution is 2.34. The van der Waals surface area contributed by atoms with Crippen LogP contribution in [0.3, 0.4) is 0 Å². The van der Waals surface area contributed by atoms with Crippen LogP contribution in [0, 0.1) is 0 Å². The molecule has 1 heterocycles. The van der Waals surface area contributed by atoms with Gasteiger partial charge in [-0.05, 0) is 53.1 Å². The number of ketones is 1. The molecule has 0 unspecified atom stereocenters. The molecule has 0 bridgehead atoms. The second kappa shape index (κ2) is 10.2. The van der Waals surface area contributed by atoms with Gasteiger partial charge in [0.05, 0.1) is 12.7 Å². The maximum absolute atomic E-state index is 12.7. The maximum atomic E-state index is 12.7. The van der Waals surface area contributed by atoms with Gasteiger partial charge in [0.15, 0.2) is 28.8 Å². The van der Waals surface area contributed by atoms with Crippen LogP contribution in [0.5, 0.6) is 23.0 Å². The largest absolute Gasteiger partial charge is 0.493 e. The van der Waals surface area contributed by atoms with E-state index in [9.17, 15) is 9.59 Å². The van der Waals surface area contributed by atoms with Crippen LogP contribution in [-0.2, 0) is 0 Å². The Kier molecular flexibility index (Phi) is 6.49. The minimum Gasteiger partial charge on any atom is -0.493 e. The Morgan fingerprint density at radius 1 is 0.750 bits per heavy atom. The van der Waals surface area contributed by atoms with Crippen molar-refractivity contribution in [3.8, 4) is 34.1 Å². The molecule has 0 aliphatic carbocycles. The van der Waals surface area contributed by atoms with Crippen LogP contribution < -0.4 is 18.9 Å². The molecule has 1 aliphatic rings. The van der Waals surface area contributed by atoms with Crippen LogP contribution in [0.25, 0.3) is 17.2 Å². The van der Waals surface area contributed by atoms with E-state index >= 15 is 0 Å². The van der Waals surface area contributed by atoms with Crippen molar-refractivity contribution in [1.82, 2.24) is 0 Å². The van der Waals surface area contributed by atoms with Gasteiger partial charge in [-0.3, -0.25) is 4.79 Å². The number of ether oxygens (including phenoxy) is 4. The number of benzene rings is 4. The second-order valence-corrected chi connectivity index (χ2v) is 8.01. The number of carbonyl (C=O) groups excluding carboxylic acids is 2. The van der Waals surface area contributed by atoms with E-state index in [1.54, 1.807) is 42.5 Å². The molecule has 0 atom stereocenters. The van der Waals surface area contributed by atoms with Crippen LogP contribution in [0.15, 0.2) is 97.1 Å². The van der Waals surface area contributed by atoms with Gasteiger partial charge < -0.3 is 18.9 Å². The lowest BCUT2D eigenvalue weighted by Gasteiger charge is -2.10. The molecule has 0 aromatic heterocycles. The van der Waals surface area contributed by atoms with Crippen molar-refractivity contribution in [2.75, 3.05) is 13.9 Å². The summed E-state index contributed by atoms with van der Waals surface area (Å²) in [4.78, 5) is 25.3. The average Bonchev–Trinajstić information content (AvgIpc) is 3.41. The Morgan fingerprint density at radius 3 is 2.25 bits per heavy atom. The molecule has 6 nitrogen and oxygen atoms in total. The van der Waals surface area contributed by atoms with Crippen molar-refractivity contribution in [2.24, 2.45) is 0 Å². The fraction of sp³-hybridized carbons (Fsp3) is 0.0667. The molecule has 4 aromatic carbocycles. The number of fused-ring (bicyclic) bond motifs is 1. The molecule has 0 saturated carbocycles. The summed E-state index contributed by atoms with van der Waals surface area (Å²) in [5.74, 6) is 1.04. The van der Waals surface area contributed by atoms with E-state index in [1.165, 1.54) is 13.2 Å². The normalized spacial score (nSPS) is 11.9. The highest BCUT2D eigenvalue weighted by atomic mass is 16.7. The molecular formula is C30H22O6. The van der Waals surface area contributed by atoms with Gasteiger partial charge in [-0.25, -0.2) is 4.79 Å². The van der Waals surface area contributed by atoms with Crippen LogP contribution in [0.1, 0.15) is 26.3 Å². The van der Waals surface area contributed by atoms with Gasteiger partial charge in [0.25, 0.3) is 0 Å². The van der Waals surface area contributed by atoms with Gasteiger partial charge in [0, 0.05) is 5.56 Å². The van der Waals surface area contributed by atoms with Crippen molar-refractivity contribution < 1.29 is 28.5 Å². The summed E-state index contributed by atoms with van der Waals surface area (Å²) >= 11 is 0. The lowest BCUT2D eigenvalue weighted by atomic mass is 10.0. The molecule has 0 fully saturated rings. The van der Waals surface area contributed by atoms with Crippen LogP contribution >= 0.6 is 0 Å². The van der Waals surface area contributed by atoms with Crippen LogP contribution in [0.4, 0.5) is 0 Å². The first kappa shape index (κ1) is 22.9. The quantitative estimate of drug-likeness (QED) is 0.136. The number of rotatable bonds is 7. The molecule has 0 spiro atoms. The number of hydrogen-bond donors (Lipinski definition) is 0. The SMILES string of the molecule is COc1cc(/C=C/C(=O)c2ccc(-c3ccccc3)cc2)ccc1OC(=O)c1ccc2c(c1)OCO2. The number of carbonyl (C=O) groups is 2. The van der Waals surface area contributed by atoms with E-state index in [0.29, 0.717) is 28.4 Å². The summed E-state index contributed by atoms with van der Waals surface area (Å²) in [6.07, 6.45) is 3.20. The zero-order chi connectivity index (χ0) is 24.9. The molecule has 4 aromatic rings. The lowest BCUT2D eigenvalue weighted by Crippen LogP contribution is -2.09. The third-order valence-corrected chi connectivity index (χ3v) is 5.70. The van der Waals surface area contributed by atoms with Crippen molar-refractivity contribution in [1.29, 1.82) is 0 Å². The summed E-state index contributed by atoms with van der Waals surface area (Å²) in [5, 5.41) is 0. The Hall–Kier alpha value is -4.84. The van der Waals surface area contributed by atoms with Crippen LogP contribution in [0.2, 0.25) is 0 Å². The standard InChI is InChI=1S/C30H22O6/c1-33-28-17-20(7-14-25(31)23-11-9-22(10-12-23)21-5-3-2-4-6-21)8-15-27(28)36-30(32)24-13-16-26-29(18-24)35-19-34-26/h2-18H,19H2,1H3/b14-7+. The summed E-state index contributed by atoms with van der Waals surface area (Å²) in [5.41, 5.74) is 3.79. The van der Waals surface area contributed by atoms with Crippen molar-refractivity contribution >= 4 is 17.8 Å². The maximum Gasteiger partial charge on any atom is 0.343 e. The number of methoxy groups -OCH3 is 1. The molecule has 0 amide bonds. The second-order valence-electron chi connectivity index (χ2n) is 8.01. The molecule has 0 saturated heterocycles. The van der Waals surface area contributed by atoms with Gasteiger partial charge in [-0.2, -0.15) is 0 Å². The average molecular weight is 479 g/mol. The summed E-state index contributed by atoms with van der Waals surface area (Å²) in [6.45, 7) is 0.123. The summed E-state index contributed by atoms with van der Waals surface area (Å²) < 4.78 is 21.5. The van der Waals surface area contributed by atoms with Crippen molar-refractivity contribution in [2.45, 2.75) is 0 Å². The van der Waals surface area contributed by atoms with E-state index < -0.39 is 5.97 Å². The number of hydrogen-bond acceptors (Lipinski definition) is 6. The molecule has 5 rings (SSSR count). The first-order valence-electron chi connectivity index (χ1n) is 11.3. The molecule has 36 heavy (non-hydrogen) atoms.